The number of aryl methyl sites for hydroxylation is 1. The van der Waals surface area contributed by atoms with E-state index in [9.17, 15) is 9.59 Å². The van der Waals surface area contributed by atoms with E-state index in [0.29, 0.717) is 30.2 Å². The van der Waals surface area contributed by atoms with Gasteiger partial charge in [0.25, 0.3) is 0 Å². The van der Waals surface area contributed by atoms with Crippen LogP contribution in [0.1, 0.15) is 27.3 Å². The van der Waals surface area contributed by atoms with Gasteiger partial charge in [-0.1, -0.05) is 0 Å². The van der Waals surface area contributed by atoms with Gasteiger partial charge in [-0.25, -0.2) is 4.79 Å². The van der Waals surface area contributed by atoms with Crippen LogP contribution in [0.2, 0.25) is 0 Å². The first-order valence-corrected chi connectivity index (χ1v) is 6.53. The lowest BCUT2D eigenvalue weighted by atomic mass is 10.2. The van der Waals surface area contributed by atoms with Gasteiger partial charge in [-0.2, -0.15) is 5.10 Å². The van der Waals surface area contributed by atoms with Crippen LogP contribution < -0.4 is 4.74 Å². The van der Waals surface area contributed by atoms with Gasteiger partial charge in [0.2, 0.25) is 0 Å². The summed E-state index contributed by atoms with van der Waals surface area (Å²) >= 11 is 0. The Kier molecular flexibility index (Phi) is 5.09. The first kappa shape index (κ1) is 14.8. The van der Waals surface area contributed by atoms with Crippen LogP contribution >= 0.6 is 0 Å². The Morgan fingerprint density at radius 3 is 2.67 bits per heavy atom. The molecule has 0 N–H and O–H groups in total. The Balaban J connectivity index is 1.75. The minimum atomic E-state index is -0.369. The quantitative estimate of drug-likeness (QED) is 0.442. The Bertz CT molecular complexity index is 604. The van der Waals surface area contributed by atoms with Gasteiger partial charge in [-0.15, -0.1) is 0 Å². The standard InChI is InChI=1S/C15H16N2O4/c1-20-15(19)12-3-5-14(6-4-12)21-10-2-8-17-9-7-13(11-18)16-17/h3-7,9,11H,2,8,10H2,1H3. The first-order valence-electron chi connectivity index (χ1n) is 6.53. The lowest BCUT2D eigenvalue weighted by molar-refractivity contribution is 0.0600. The number of carbonyl (C=O) groups excluding carboxylic acids is 2. The van der Waals surface area contributed by atoms with Crippen molar-refractivity contribution in [3.05, 3.63) is 47.8 Å². The number of esters is 1. The highest BCUT2D eigenvalue weighted by Gasteiger charge is 2.04. The highest BCUT2D eigenvalue weighted by Crippen LogP contribution is 2.13. The van der Waals surface area contributed by atoms with E-state index < -0.39 is 0 Å². The molecule has 1 aromatic carbocycles. The van der Waals surface area contributed by atoms with E-state index in [4.69, 9.17) is 4.74 Å². The summed E-state index contributed by atoms with van der Waals surface area (Å²) < 4.78 is 11.9. The van der Waals surface area contributed by atoms with E-state index in [0.717, 1.165) is 12.7 Å². The highest BCUT2D eigenvalue weighted by molar-refractivity contribution is 5.89. The van der Waals surface area contributed by atoms with Crippen LogP contribution in [-0.2, 0) is 11.3 Å². The largest absolute Gasteiger partial charge is 0.494 e. The molecule has 6 heteroatoms. The molecule has 0 saturated heterocycles. The lowest BCUT2D eigenvalue weighted by Gasteiger charge is -2.07. The van der Waals surface area contributed by atoms with E-state index in [-0.39, 0.29) is 5.97 Å². The molecule has 0 radical (unpaired) electrons. The third kappa shape index (κ3) is 4.17. The van der Waals surface area contributed by atoms with Gasteiger partial charge in [0, 0.05) is 19.2 Å². The number of nitrogens with zero attached hydrogens (tertiary/aromatic N) is 2. The minimum Gasteiger partial charge on any atom is -0.494 e. The van der Waals surface area contributed by atoms with Gasteiger partial charge in [0.05, 0.1) is 19.3 Å². The summed E-state index contributed by atoms with van der Waals surface area (Å²) in [6.45, 7) is 1.20. The average molecular weight is 288 g/mol. The van der Waals surface area contributed by atoms with E-state index in [1.807, 2.05) is 0 Å². The van der Waals surface area contributed by atoms with E-state index in [1.54, 1.807) is 41.2 Å². The number of benzene rings is 1. The van der Waals surface area contributed by atoms with Crippen molar-refractivity contribution in [2.24, 2.45) is 0 Å². The van der Waals surface area contributed by atoms with Crippen LogP contribution in [0.5, 0.6) is 5.75 Å². The summed E-state index contributed by atoms with van der Waals surface area (Å²) in [5, 5.41) is 4.06. The lowest BCUT2D eigenvalue weighted by Crippen LogP contribution is -2.06. The zero-order chi connectivity index (χ0) is 15.1. The zero-order valence-electron chi connectivity index (χ0n) is 11.7. The molecule has 0 spiro atoms. The van der Waals surface area contributed by atoms with Gasteiger partial charge in [0.1, 0.15) is 11.4 Å². The Labute approximate surface area is 122 Å². The van der Waals surface area contributed by atoms with Crippen molar-refractivity contribution >= 4 is 12.3 Å². The maximum Gasteiger partial charge on any atom is 0.337 e. The summed E-state index contributed by atoms with van der Waals surface area (Å²) in [5.41, 5.74) is 0.914. The SMILES string of the molecule is COC(=O)c1ccc(OCCCn2ccc(C=O)n2)cc1. The minimum absolute atomic E-state index is 0.369. The maximum atomic E-state index is 11.3. The van der Waals surface area contributed by atoms with Crippen molar-refractivity contribution in [1.82, 2.24) is 9.78 Å². The smallest absolute Gasteiger partial charge is 0.337 e. The number of hydrogen-bond acceptors (Lipinski definition) is 5. The maximum absolute atomic E-state index is 11.3. The van der Waals surface area contributed by atoms with Gasteiger partial charge in [-0.3, -0.25) is 9.48 Å². The van der Waals surface area contributed by atoms with Crippen LogP contribution in [0.4, 0.5) is 0 Å². The molecule has 6 nitrogen and oxygen atoms in total. The van der Waals surface area contributed by atoms with Gasteiger partial charge in [-0.05, 0) is 30.3 Å². The van der Waals surface area contributed by atoms with Crippen LogP contribution in [-0.4, -0.2) is 35.8 Å². The molecule has 0 amide bonds. The molecule has 2 aromatic rings. The highest BCUT2D eigenvalue weighted by atomic mass is 16.5. The van der Waals surface area contributed by atoms with Gasteiger partial charge in [0.15, 0.2) is 6.29 Å². The van der Waals surface area contributed by atoms with E-state index in [1.165, 1.54) is 7.11 Å². The Morgan fingerprint density at radius 2 is 2.05 bits per heavy atom. The number of rotatable bonds is 7. The molecule has 0 atom stereocenters. The summed E-state index contributed by atoms with van der Waals surface area (Å²) in [6, 6.07) is 8.44. The molecule has 21 heavy (non-hydrogen) atoms. The second kappa shape index (κ2) is 7.23. The van der Waals surface area contributed by atoms with Crippen molar-refractivity contribution in [1.29, 1.82) is 0 Å². The number of aldehydes is 1. The summed E-state index contributed by atoms with van der Waals surface area (Å²) in [4.78, 5) is 21.8. The predicted octanol–water partition coefficient (Wildman–Crippen LogP) is 1.95. The zero-order valence-corrected chi connectivity index (χ0v) is 11.7. The third-order valence-electron chi connectivity index (χ3n) is 2.86. The van der Waals surface area contributed by atoms with Crippen molar-refractivity contribution < 1.29 is 19.1 Å². The summed E-state index contributed by atoms with van der Waals surface area (Å²) in [6.07, 6.45) is 3.24. The molecule has 0 aliphatic carbocycles. The van der Waals surface area contributed by atoms with Crippen LogP contribution in [0.25, 0.3) is 0 Å². The molecule has 0 aliphatic heterocycles. The number of carbonyl (C=O) groups is 2. The van der Waals surface area contributed by atoms with Crippen molar-refractivity contribution in [3.63, 3.8) is 0 Å². The van der Waals surface area contributed by atoms with Crippen LogP contribution in [0, 0.1) is 0 Å². The monoisotopic (exact) mass is 288 g/mol. The molecular weight excluding hydrogens is 272 g/mol. The second-order valence-corrected chi connectivity index (χ2v) is 4.34. The number of ether oxygens (including phenoxy) is 2. The summed E-state index contributed by atoms with van der Waals surface area (Å²) in [5.74, 6) is 0.322. The van der Waals surface area contributed by atoms with Crippen molar-refractivity contribution in [2.75, 3.05) is 13.7 Å². The number of aromatic nitrogens is 2. The normalized spacial score (nSPS) is 10.1. The molecule has 110 valence electrons. The molecule has 0 saturated carbocycles. The van der Waals surface area contributed by atoms with Crippen LogP contribution in [0.3, 0.4) is 0 Å². The van der Waals surface area contributed by atoms with Crippen molar-refractivity contribution in [2.45, 2.75) is 13.0 Å². The average Bonchev–Trinajstić information content (AvgIpc) is 2.99. The molecule has 0 fully saturated rings. The number of hydrogen-bond donors (Lipinski definition) is 0. The van der Waals surface area contributed by atoms with Gasteiger partial charge >= 0.3 is 5.97 Å². The Hall–Kier alpha value is -2.63. The fourth-order valence-electron chi connectivity index (χ4n) is 1.79. The molecule has 0 aliphatic rings. The molecule has 0 unspecified atom stereocenters. The number of methoxy groups -OCH3 is 1. The predicted molar refractivity (Wildman–Crippen MR) is 75.5 cm³/mol. The molecular formula is C15H16N2O4. The topological polar surface area (TPSA) is 70.4 Å². The molecule has 1 aromatic heterocycles. The summed E-state index contributed by atoms with van der Waals surface area (Å²) in [7, 11) is 1.35. The van der Waals surface area contributed by atoms with Crippen molar-refractivity contribution in [3.8, 4) is 5.75 Å². The van der Waals surface area contributed by atoms with Gasteiger partial charge < -0.3 is 9.47 Å². The Morgan fingerprint density at radius 1 is 1.29 bits per heavy atom. The van der Waals surface area contributed by atoms with E-state index >= 15 is 0 Å². The fraction of sp³-hybridized carbons (Fsp3) is 0.267. The van der Waals surface area contributed by atoms with Crippen LogP contribution in [0.15, 0.2) is 36.5 Å². The fourth-order valence-corrected chi connectivity index (χ4v) is 1.79. The second-order valence-electron chi connectivity index (χ2n) is 4.34. The molecule has 0 bridgehead atoms. The molecule has 2 rings (SSSR count). The van der Waals surface area contributed by atoms with E-state index in [2.05, 4.69) is 9.84 Å². The third-order valence-corrected chi connectivity index (χ3v) is 2.86. The molecule has 1 heterocycles. The first-order chi connectivity index (χ1) is 10.2.